The van der Waals surface area contributed by atoms with Crippen LogP contribution in [0.1, 0.15) is 5.56 Å². The van der Waals surface area contributed by atoms with Crippen molar-refractivity contribution in [2.75, 3.05) is 11.5 Å². The summed E-state index contributed by atoms with van der Waals surface area (Å²) in [5, 5.41) is 26.9. The molecule has 0 aliphatic carbocycles. The molecule has 11 nitrogen and oxygen atoms in total. The summed E-state index contributed by atoms with van der Waals surface area (Å²) in [6.45, 7) is 0.268. The van der Waals surface area contributed by atoms with Crippen LogP contribution in [-0.4, -0.2) is 71.0 Å². The Morgan fingerprint density at radius 2 is 2.09 bits per heavy atom. The molecule has 1 fully saturated rings. The first-order chi connectivity index (χ1) is 15.3. The first kappa shape index (κ1) is 22.4. The molecule has 1 saturated heterocycles. The van der Waals surface area contributed by atoms with E-state index in [1.165, 1.54) is 33.1 Å². The number of aromatic nitrogens is 4. The lowest BCUT2D eigenvalue weighted by Gasteiger charge is -2.49. The predicted octanol–water partition coefficient (Wildman–Crippen LogP) is 1.08. The number of halogens is 1. The topological polar surface area (TPSA) is 142 Å². The van der Waals surface area contributed by atoms with Gasteiger partial charge in [0, 0.05) is 30.1 Å². The fourth-order valence-electron chi connectivity index (χ4n) is 3.27. The Kier molecular flexibility index (Phi) is 6.58. The van der Waals surface area contributed by atoms with Gasteiger partial charge in [-0.3, -0.25) is 9.69 Å². The quantitative estimate of drug-likeness (QED) is 0.379. The van der Waals surface area contributed by atoms with Gasteiger partial charge >= 0.3 is 12.0 Å². The van der Waals surface area contributed by atoms with Gasteiger partial charge in [0.2, 0.25) is 5.16 Å². The summed E-state index contributed by atoms with van der Waals surface area (Å²) in [6, 6.07) is 5.72. The minimum atomic E-state index is -1.18. The summed E-state index contributed by atoms with van der Waals surface area (Å²) in [5.74, 6) is -0.886. The van der Waals surface area contributed by atoms with E-state index in [0.29, 0.717) is 27.3 Å². The van der Waals surface area contributed by atoms with Crippen molar-refractivity contribution in [1.29, 1.82) is 0 Å². The van der Waals surface area contributed by atoms with Gasteiger partial charge in [0.25, 0.3) is 5.91 Å². The second-order valence-electron chi connectivity index (χ2n) is 6.97. The summed E-state index contributed by atoms with van der Waals surface area (Å²) in [4.78, 5) is 38.1. The number of rotatable bonds is 7. The molecule has 0 spiro atoms. The number of carboxylic acid groups (broad SMARTS) is 1. The maximum Gasteiger partial charge on any atom is 0.352 e. The van der Waals surface area contributed by atoms with Crippen molar-refractivity contribution in [1.82, 2.24) is 35.7 Å². The first-order valence-corrected chi connectivity index (χ1v) is 11.8. The molecule has 2 aliphatic rings. The van der Waals surface area contributed by atoms with Gasteiger partial charge in [-0.05, 0) is 33.7 Å². The third-order valence-electron chi connectivity index (χ3n) is 4.86. The number of aryl methyl sites for hydroxylation is 1. The monoisotopic (exact) mass is 495 g/mol. The fourth-order valence-corrected chi connectivity index (χ4v) is 5.73. The van der Waals surface area contributed by atoms with Crippen molar-refractivity contribution in [3.8, 4) is 0 Å². The standard InChI is InChI=1S/C18H18ClN7O4S2/c1-25-18(22-23-24-25)32-8-10-7-31-15-12(14(27)26(15)13(10)16(28)29)21-17(30)20-6-9-2-4-11(19)5-3-9/h2-5,12,15H,6-8H2,1H3,(H,28,29)(H2,20,21,30)/t12?,15-/m1/s1. The average molecular weight is 496 g/mol. The Balaban J connectivity index is 1.38. The second kappa shape index (κ2) is 9.38. The van der Waals surface area contributed by atoms with Crippen LogP contribution >= 0.6 is 35.1 Å². The van der Waals surface area contributed by atoms with Gasteiger partial charge in [-0.1, -0.05) is 35.5 Å². The van der Waals surface area contributed by atoms with E-state index < -0.39 is 29.3 Å². The highest BCUT2D eigenvalue weighted by Crippen LogP contribution is 2.41. The molecule has 3 heterocycles. The molecule has 2 aliphatic heterocycles. The van der Waals surface area contributed by atoms with E-state index in [1.807, 2.05) is 0 Å². The maximum atomic E-state index is 12.7. The van der Waals surface area contributed by atoms with E-state index in [2.05, 4.69) is 26.2 Å². The largest absolute Gasteiger partial charge is 0.477 e. The number of hydrogen-bond acceptors (Lipinski definition) is 8. The van der Waals surface area contributed by atoms with Crippen LogP contribution in [0.3, 0.4) is 0 Å². The van der Waals surface area contributed by atoms with Gasteiger partial charge < -0.3 is 15.7 Å². The molecule has 0 radical (unpaired) electrons. The molecular formula is C18H18ClN7O4S2. The molecule has 1 unspecified atom stereocenters. The smallest absolute Gasteiger partial charge is 0.352 e. The number of amides is 3. The fraction of sp³-hybridized carbons (Fsp3) is 0.333. The number of carboxylic acids is 1. The zero-order valence-corrected chi connectivity index (χ0v) is 19.1. The molecule has 0 saturated carbocycles. The van der Waals surface area contributed by atoms with Crippen molar-refractivity contribution in [3.05, 3.63) is 46.1 Å². The van der Waals surface area contributed by atoms with Gasteiger partial charge in [0.15, 0.2) is 0 Å². The van der Waals surface area contributed by atoms with E-state index in [9.17, 15) is 19.5 Å². The minimum Gasteiger partial charge on any atom is -0.477 e. The number of urea groups is 1. The van der Waals surface area contributed by atoms with E-state index in [0.717, 1.165) is 5.56 Å². The van der Waals surface area contributed by atoms with Gasteiger partial charge in [0.1, 0.15) is 17.1 Å². The van der Waals surface area contributed by atoms with Crippen molar-refractivity contribution < 1.29 is 19.5 Å². The Bertz CT molecular complexity index is 1090. The maximum absolute atomic E-state index is 12.7. The van der Waals surface area contributed by atoms with Crippen LogP contribution in [0.15, 0.2) is 40.7 Å². The molecule has 168 valence electrons. The normalized spacial score (nSPS) is 19.9. The number of tetrazole rings is 1. The third-order valence-corrected chi connectivity index (χ3v) is 7.55. The summed E-state index contributed by atoms with van der Waals surface area (Å²) in [7, 11) is 1.69. The highest BCUT2D eigenvalue weighted by molar-refractivity contribution is 8.01. The van der Waals surface area contributed by atoms with Crippen molar-refractivity contribution in [2.24, 2.45) is 7.05 Å². The van der Waals surface area contributed by atoms with Crippen LogP contribution in [0, 0.1) is 0 Å². The van der Waals surface area contributed by atoms with Crippen LogP contribution in [0.5, 0.6) is 0 Å². The Morgan fingerprint density at radius 1 is 1.34 bits per heavy atom. The lowest BCUT2D eigenvalue weighted by Crippen LogP contribution is -2.71. The predicted molar refractivity (Wildman–Crippen MR) is 118 cm³/mol. The molecule has 1 aromatic carbocycles. The molecule has 2 atom stereocenters. The summed E-state index contributed by atoms with van der Waals surface area (Å²) in [5.41, 5.74) is 1.42. The molecule has 0 bridgehead atoms. The molecule has 3 amide bonds. The van der Waals surface area contributed by atoms with Crippen LogP contribution in [0.25, 0.3) is 0 Å². The van der Waals surface area contributed by atoms with Crippen LogP contribution in [0.4, 0.5) is 4.79 Å². The highest BCUT2D eigenvalue weighted by atomic mass is 35.5. The highest BCUT2D eigenvalue weighted by Gasteiger charge is 2.54. The van der Waals surface area contributed by atoms with E-state index >= 15 is 0 Å². The summed E-state index contributed by atoms with van der Waals surface area (Å²) in [6.07, 6.45) is 0. The lowest BCUT2D eigenvalue weighted by atomic mass is 10.0. The van der Waals surface area contributed by atoms with E-state index in [-0.39, 0.29) is 12.2 Å². The molecule has 1 aromatic heterocycles. The van der Waals surface area contributed by atoms with Gasteiger partial charge in [0.05, 0.1) is 0 Å². The number of aliphatic carboxylic acids is 1. The molecule has 4 rings (SSSR count). The van der Waals surface area contributed by atoms with Crippen LogP contribution < -0.4 is 10.6 Å². The average Bonchev–Trinajstić information content (AvgIpc) is 3.19. The van der Waals surface area contributed by atoms with Gasteiger partial charge in [-0.15, -0.1) is 16.9 Å². The van der Waals surface area contributed by atoms with Crippen LogP contribution in [-0.2, 0) is 23.2 Å². The Morgan fingerprint density at radius 3 is 2.75 bits per heavy atom. The first-order valence-electron chi connectivity index (χ1n) is 9.39. The lowest BCUT2D eigenvalue weighted by molar-refractivity contribution is -0.148. The number of carbonyl (C=O) groups excluding carboxylic acids is 2. The van der Waals surface area contributed by atoms with Gasteiger partial charge in [-0.25, -0.2) is 14.3 Å². The number of hydrogen-bond donors (Lipinski definition) is 3. The molecular weight excluding hydrogens is 478 g/mol. The molecule has 3 N–H and O–H groups in total. The number of nitrogens with zero attached hydrogens (tertiary/aromatic N) is 5. The zero-order valence-electron chi connectivity index (χ0n) is 16.7. The van der Waals surface area contributed by atoms with Crippen molar-refractivity contribution in [2.45, 2.75) is 23.1 Å². The second-order valence-corrected chi connectivity index (χ2v) is 9.46. The summed E-state index contributed by atoms with van der Waals surface area (Å²) >= 11 is 8.55. The molecule has 2 aromatic rings. The van der Waals surface area contributed by atoms with Gasteiger partial charge in [-0.2, -0.15) is 0 Å². The molecule has 14 heteroatoms. The number of carbonyl (C=O) groups is 3. The Hall–Kier alpha value is -2.77. The van der Waals surface area contributed by atoms with Crippen LogP contribution in [0.2, 0.25) is 5.02 Å². The number of thioether (sulfide) groups is 2. The van der Waals surface area contributed by atoms with E-state index in [4.69, 9.17) is 11.6 Å². The zero-order chi connectivity index (χ0) is 22.8. The van der Waals surface area contributed by atoms with Crippen molar-refractivity contribution in [3.63, 3.8) is 0 Å². The number of fused-ring (bicyclic) bond motifs is 1. The molecule has 32 heavy (non-hydrogen) atoms. The number of nitrogens with one attached hydrogen (secondary N) is 2. The number of β-lactam (4-membered cyclic amide) rings is 1. The Labute approximate surface area is 195 Å². The minimum absolute atomic E-state index is 0.0407. The third kappa shape index (κ3) is 4.54. The van der Waals surface area contributed by atoms with E-state index in [1.54, 1.807) is 31.3 Å². The van der Waals surface area contributed by atoms with Crippen molar-refractivity contribution >= 4 is 53.0 Å². The SMILES string of the molecule is Cn1nnnc1SCC1=C(C(=O)O)N2C(=O)C(NC(=O)NCc3ccc(Cl)cc3)[C@H]2SC1. The number of benzene rings is 1. The summed E-state index contributed by atoms with van der Waals surface area (Å²) < 4.78 is 1.49.